The van der Waals surface area contributed by atoms with Gasteiger partial charge in [-0.2, -0.15) is 0 Å². The van der Waals surface area contributed by atoms with E-state index in [0.29, 0.717) is 0 Å². The highest BCUT2D eigenvalue weighted by Gasteiger charge is 2.16. The first-order valence-corrected chi connectivity index (χ1v) is 7.65. The normalized spacial score (nSPS) is 12.6. The number of carbonyl (C=O) groups is 1. The number of ketones is 1. The van der Waals surface area contributed by atoms with Crippen molar-refractivity contribution < 1.29 is 9.18 Å². The summed E-state index contributed by atoms with van der Waals surface area (Å²) in [6.45, 7) is 2.14. The highest BCUT2D eigenvalue weighted by molar-refractivity contribution is 5.96. The van der Waals surface area contributed by atoms with Gasteiger partial charge in [0.2, 0.25) is 0 Å². The smallest absolute Gasteiger partial charge is 0.178 e. The molecule has 0 aliphatic heterocycles. The second-order valence-electron chi connectivity index (χ2n) is 5.31. The quantitative estimate of drug-likeness (QED) is 0.534. The average Bonchev–Trinajstić information content (AvgIpc) is 3.05. The molecule has 0 saturated heterocycles. The van der Waals surface area contributed by atoms with E-state index in [4.69, 9.17) is 0 Å². The number of hydrogen-bond donors (Lipinski definition) is 0. The van der Waals surface area contributed by atoms with Crippen LogP contribution in [0.1, 0.15) is 44.2 Å². The average molecular weight is 300 g/mol. The number of allylic oxidation sites excluding steroid dienone is 1. The van der Waals surface area contributed by atoms with Gasteiger partial charge in [0.15, 0.2) is 5.78 Å². The van der Waals surface area contributed by atoms with Crippen LogP contribution in [0.5, 0.6) is 0 Å². The van der Waals surface area contributed by atoms with Crippen LogP contribution in [-0.2, 0) is 4.79 Å². The van der Waals surface area contributed by atoms with Crippen molar-refractivity contribution in [1.29, 1.82) is 0 Å². The van der Waals surface area contributed by atoms with Gasteiger partial charge in [-0.05, 0) is 30.2 Å². The van der Waals surface area contributed by atoms with Gasteiger partial charge in [0.05, 0.1) is 12.4 Å². The number of benzene rings is 1. The summed E-state index contributed by atoms with van der Waals surface area (Å²) in [4.78, 5) is 16.5. The molecular weight excluding hydrogens is 279 g/mol. The van der Waals surface area contributed by atoms with Crippen molar-refractivity contribution in [2.24, 2.45) is 0 Å². The molecule has 116 valence electrons. The molecule has 0 amide bonds. The Hall–Kier alpha value is -2.23. The predicted octanol–water partition coefficient (Wildman–Crippen LogP) is 4.43. The Bertz CT molecular complexity index is 603. The molecule has 0 bridgehead atoms. The zero-order valence-corrected chi connectivity index (χ0v) is 12.8. The minimum absolute atomic E-state index is 0.0402. The van der Waals surface area contributed by atoms with E-state index in [9.17, 15) is 9.18 Å². The fraction of sp³-hybridized carbons (Fsp3) is 0.333. The van der Waals surface area contributed by atoms with Crippen LogP contribution in [0.25, 0.3) is 6.08 Å². The fourth-order valence-corrected chi connectivity index (χ4v) is 2.34. The van der Waals surface area contributed by atoms with E-state index in [0.717, 1.165) is 31.2 Å². The van der Waals surface area contributed by atoms with Gasteiger partial charge in [-0.3, -0.25) is 4.79 Å². The fourth-order valence-electron chi connectivity index (χ4n) is 2.34. The topological polar surface area (TPSA) is 34.9 Å². The van der Waals surface area contributed by atoms with Crippen LogP contribution in [-0.4, -0.2) is 15.3 Å². The highest BCUT2D eigenvalue weighted by atomic mass is 19.1. The first-order chi connectivity index (χ1) is 10.7. The minimum atomic E-state index is -0.278. The molecule has 0 aliphatic carbocycles. The summed E-state index contributed by atoms with van der Waals surface area (Å²) in [5.74, 6) is -0.238. The first-order valence-electron chi connectivity index (χ1n) is 7.65. The third kappa shape index (κ3) is 4.65. The molecule has 22 heavy (non-hydrogen) atoms. The van der Waals surface area contributed by atoms with Crippen molar-refractivity contribution in [3.8, 4) is 0 Å². The highest BCUT2D eigenvalue weighted by Crippen LogP contribution is 2.18. The lowest BCUT2D eigenvalue weighted by Gasteiger charge is -2.15. The second-order valence-corrected chi connectivity index (χ2v) is 5.31. The Kier molecular flexibility index (Phi) is 6.07. The number of rotatable bonds is 8. The number of carbonyl (C=O) groups excluding carboxylic acids is 1. The summed E-state index contributed by atoms with van der Waals surface area (Å²) >= 11 is 0. The summed E-state index contributed by atoms with van der Waals surface area (Å²) in [7, 11) is 0. The number of halogens is 1. The summed E-state index contributed by atoms with van der Waals surface area (Å²) in [6, 6.07) is 5.87. The van der Waals surface area contributed by atoms with Crippen molar-refractivity contribution in [2.75, 3.05) is 0 Å². The molecule has 0 saturated carbocycles. The van der Waals surface area contributed by atoms with Gasteiger partial charge in [-0.25, -0.2) is 9.37 Å². The predicted molar refractivity (Wildman–Crippen MR) is 85.8 cm³/mol. The molecule has 1 atom stereocenters. The number of imidazole rings is 1. The summed E-state index contributed by atoms with van der Waals surface area (Å²) in [5.41, 5.74) is 0.813. The van der Waals surface area contributed by atoms with E-state index in [1.807, 2.05) is 10.8 Å². The molecule has 2 rings (SSSR count). The maximum absolute atomic E-state index is 12.9. The monoisotopic (exact) mass is 300 g/mol. The molecule has 2 aromatic rings. The van der Waals surface area contributed by atoms with Crippen LogP contribution in [0.15, 0.2) is 49.1 Å². The molecule has 0 N–H and O–H groups in total. The molecule has 1 unspecified atom stereocenters. The summed E-state index contributed by atoms with van der Waals surface area (Å²) in [6.07, 6.45) is 12.5. The third-order valence-corrected chi connectivity index (χ3v) is 3.60. The van der Waals surface area contributed by atoms with Crippen molar-refractivity contribution in [1.82, 2.24) is 9.55 Å². The Balaban J connectivity index is 2.06. The Morgan fingerprint density at radius 1 is 1.32 bits per heavy atom. The van der Waals surface area contributed by atoms with Crippen LogP contribution in [0.2, 0.25) is 0 Å². The Morgan fingerprint density at radius 2 is 2.09 bits per heavy atom. The zero-order chi connectivity index (χ0) is 15.8. The van der Waals surface area contributed by atoms with Crippen molar-refractivity contribution >= 4 is 11.9 Å². The van der Waals surface area contributed by atoms with Gasteiger partial charge in [-0.1, -0.05) is 44.4 Å². The summed E-state index contributed by atoms with van der Waals surface area (Å²) < 4.78 is 14.7. The lowest BCUT2D eigenvalue weighted by Crippen LogP contribution is -2.16. The van der Waals surface area contributed by atoms with Crippen molar-refractivity contribution in [3.05, 3.63) is 60.4 Å². The van der Waals surface area contributed by atoms with Gasteiger partial charge >= 0.3 is 0 Å². The third-order valence-electron chi connectivity index (χ3n) is 3.60. The van der Waals surface area contributed by atoms with Gasteiger partial charge < -0.3 is 4.57 Å². The minimum Gasteiger partial charge on any atom is -0.327 e. The van der Waals surface area contributed by atoms with Crippen molar-refractivity contribution in [2.45, 2.75) is 38.6 Å². The lowest BCUT2D eigenvalue weighted by atomic mass is 10.0. The lowest BCUT2D eigenvalue weighted by molar-refractivity contribution is -0.117. The number of unbranched alkanes of at least 4 members (excludes halogenated alkanes) is 2. The van der Waals surface area contributed by atoms with E-state index in [1.165, 1.54) is 12.1 Å². The van der Waals surface area contributed by atoms with Crippen LogP contribution >= 0.6 is 0 Å². The van der Waals surface area contributed by atoms with Gasteiger partial charge in [0.1, 0.15) is 5.82 Å². The maximum atomic E-state index is 12.9. The van der Waals surface area contributed by atoms with Gasteiger partial charge in [0, 0.05) is 12.4 Å². The van der Waals surface area contributed by atoms with Crippen LogP contribution in [0.4, 0.5) is 4.39 Å². The second kappa shape index (κ2) is 8.27. The van der Waals surface area contributed by atoms with Gasteiger partial charge in [-0.15, -0.1) is 0 Å². The van der Waals surface area contributed by atoms with E-state index >= 15 is 0 Å². The van der Waals surface area contributed by atoms with E-state index in [1.54, 1.807) is 36.8 Å². The maximum Gasteiger partial charge on any atom is 0.178 e. The molecule has 4 heteroatoms. The molecule has 0 aliphatic rings. The number of hydrogen-bond acceptors (Lipinski definition) is 2. The zero-order valence-electron chi connectivity index (χ0n) is 12.8. The molecular formula is C18H21FN2O. The molecule has 1 aromatic carbocycles. The Morgan fingerprint density at radius 3 is 2.73 bits per heavy atom. The Labute approximate surface area is 130 Å². The molecule has 0 radical (unpaired) electrons. The van der Waals surface area contributed by atoms with Crippen LogP contribution < -0.4 is 0 Å². The number of aromatic nitrogens is 2. The molecule has 0 spiro atoms. The van der Waals surface area contributed by atoms with E-state index in [2.05, 4.69) is 11.9 Å². The van der Waals surface area contributed by atoms with Crippen LogP contribution in [0, 0.1) is 5.82 Å². The molecule has 1 aromatic heterocycles. The van der Waals surface area contributed by atoms with E-state index in [-0.39, 0.29) is 17.6 Å². The molecule has 3 nitrogen and oxygen atoms in total. The number of nitrogens with zero attached hydrogens (tertiary/aromatic N) is 2. The SMILES string of the molecule is CCCCCC(C(=O)C=Cc1ccc(F)cc1)n1ccnc1. The first kappa shape index (κ1) is 16.1. The molecule has 1 heterocycles. The van der Waals surface area contributed by atoms with Gasteiger partial charge in [0.25, 0.3) is 0 Å². The molecule has 0 fully saturated rings. The largest absolute Gasteiger partial charge is 0.327 e. The van der Waals surface area contributed by atoms with E-state index < -0.39 is 0 Å². The van der Waals surface area contributed by atoms with Crippen LogP contribution in [0.3, 0.4) is 0 Å². The standard InChI is InChI=1S/C18H21FN2O/c1-2-3-4-5-17(21-13-12-20-14-21)18(22)11-8-15-6-9-16(19)10-7-15/h6-14,17H,2-5H2,1H3. The summed E-state index contributed by atoms with van der Waals surface area (Å²) in [5, 5.41) is 0. The van der Waals surface area contributed by atoms with Crippen molar-refractivity contribution in [3.63, 3.8) is 0 Å².